The zero-order valence-corrected chi connectivity index (χ0v) is 11.8. The minimum atomic E-state index is -0.0764. The van der Waals surface area contributed by atoms with E-state index in [9.17, 15) is 0 Å². The summed E-state index contributed by atoms with van der Waals surface area (Å²) >= 11 is 0. The summed E-state index contributed by atoms with van der Waals surface area (Å²) < 4.78 is 11.1. The van der Waals surface area contributed by atoms with Gasteiger partial charge in [-0.1, -0.05) is 6.92 Å². The molecule has 0 spiro atoms. The monoisotopic (exact) mass is 231 g/mol. The van der Waals surface area contributed by atoms with E-state index in [0.29, 0.717) is 12.1 Å². The van der Waals surface area contributed by atoms with E-state index in [-0.39, 0.29) is 5.60 Å². The molecule has 2 unspecified atom stereocenters. The van der Waals surface area contributed by atoms with Crippen LogP contribution in [0.4, 0.5) is 0 Å². The normalized spacial score (nSPS) is 16.1. The van der Waals surface area contributed by atoms with Crippen molar-refractivity contribution in [3.63, 3.8) is 0 Å². The lowest BCUT2D eigenvalue weighted by Gasteiger charge is -2.24. The van der Waals surface area contributed by atoms with Gasteiger partial charge in [0.15, 0.2) is 0 Å². The van der Waals surface area contributed by atoms with Gasteiger partial charge in [-0.25, -0.2) is 0 Å². The summed E-state index contributed by atoms with van der Waals surface area (Å²) in [6.45, 7) is 12.4. The van der Waals surface area contributed by atoms with Crippen LogP contribution in [0.15, 0.2) is 0 Å². The van der Waals surface area contributed by atoms with Gasteiger partial charge in [-0.05, 0) is 47.1 Å². The number of rotatable bonds is 9. The third-order valence-corrected chi connectivity index (χ3v) is 2.90. The molecule has 0 fully saturated rings. The van der Waals surface area contributed by atoms with Crippen LogP contribution >= 0.6 is 0 Å². The topological polar surface area (TPSA) is 30.5 Å². The Bertz CT molecular complexity index is 171. The van der Waals surface area contributed by atoms with E-state index in [0.717, 1.165) is 26.0 Å². The van der Waals surface area contributed by atoms with E-state index in [1.165, 1.54) is 0 Å². The molecule has 0 amide bonds. The van der Waals surface area contributed by atoms with E-state index in [2.05, 4.69) is 39.9 Å². The molecule has 1 N–H and O–H groups in total. The minimum Gasteiger partial charge on any atom is -0.379 e. The molecule has 0 radical (unpaired) electrons. The molecule has 3 nitrogen and oxygen atoms in total. The van der Waals surface area contributed by atoms with Crippen molar-refractivity contribution in [3.05, 3.63) is 0 Å². The molecule has 3 heteroatoms. The molecular formula is C13H29NO2. The summed E-state index contributed by atoms with van der Waals surface area (Å²) in [6, 6.07) is 0.524. The van der Waals surface area contributed by atoms with Gasteiger partial charge >= 0.3 is 0 Å². The molecule has 0 aliphatic carbocycles. The Labute approximate surface area is 101 Å². The molecule has 0 aromatic rings. The second-order valence-corrected chi connectivity index (χ2v) is 5.09. The second-order valence-electron chi connectivity index (χ2n) is 5.09. The lowest BCUT2D eigenvalue weighted by atomic mass is 10.1. The lowest BCUT2D eigenvalue weighted by Crippen LogP contribution is -2.31. The standard InChI is InChI=1S/C13H29NO2/c1-7-14-11(2)10-12(3)16-9-8-13(4,5)15-6/h11-12,14H,7-10H2,1-6H3. The third kappa shape index (κ3) is 8.08. The first-order valence-electron chi connectivity index (χ1n) is 6.31. The fourth-order valence-electron chi connectivity index (χ4n) is 1.61. The predicted molar refractivity (Wildman–Crippen MR) is 68.9 cm³/mol. The van der Waals surface area contributed by atoms with Crippen LogP contribution in [0.1, 0.15) is 47.5 Å². The fraction of sp³-hybridized carbons (Fsp3) is 1.00. The Balaban J connectivity index is 3.61. The molecule has 0 aliphatic rings. The van der Waals surface area contributed by atoms with Crippen LogP contribution in [-0.2, 0) is 9.47 Å². The van der Waals surface area contributed by atoms with Gasteiger partial charge in [0, 0.05) is 19.8 Å². The average molecular weight is 231 g/mol. The summed E-state index contributed by atoms with van der Waals surface area (Å²) in [5, 5.41) is 3.39. The number of hydrogen-bond donors (Lipinski definition) is 1. The van der Waals surface area contributed by atoms with Gasteiger partial charge in [0.25, 0.3) is 0 Å². The van der Waals surface area contributed by atoms with Crippen molar-refractivity contribution in [1.29, 1.82) is 0 Å². The number of hydrogen-bond acceptors (Lipinski definition) is 3. The van der Waals surface area contributed by atoms with Gasteiger partial charge in [-0.3, -0.25) is 0 Å². The molecule has 0 rings (SSSR count). The van der Waals surface area contributed by atoms with Crippen LogP contribution in [0, 0.1) is 0 Å². The van der Waals surface area contributed by atoms with Crippen molar-refractivity contribution in [2.24, 2.45) is 0 Å². The van der Waals surface area contributed by atoms with Crippen LogP contribution in [-0.4, -0.2) is 38.0 Å². The summed E-state index contributed by atoms with van der Waals surface area (Å²) in [6.07, 6.45) is 2.30. The highest BCUT2D eigenvalue weighted by atomic mass is 16.5. The van der Waals surface area contributed by atoms with E-state index >= 15 is 0 Å². The zero-order chi connectivity index (χ0) is 12.6. The van der Waals surface area contributed by atoms with E-state index in [1.807, 2.05) is 0 Å². The molecule has 2 atom stereocenters. The maximum Gasteiger partial charge on any atom is 0.0644 e. The Morgan fingerprint density at radius 1 is 1.25 bits per heavy atom. The molecule has 98 valence electrons. The van der Waals surface area contributed by atoms with Gasteiger partial charge in [-0.15, -0.1) is 0 Å². The Morgan fingerprint density at radius 3 is 2.38 bits per heavy atom. The van der Waals surface area contributed by atoms with Crippen molar-refractivity contribution in [2.45, 2.75) is 65.2 Å². The molecule has 0 saturated carbocycles. The van der Waals surface area contributed by atoms with Gasteiger partial charge in [0.05, 0.1) is 11.7 Å². The predicted octanol–water partition coefficient (Wildman–Crippen LogP) is 2.59. The van der Waals surface area contributed by atoms with Crippen molar-refractivity contribution in [1.82, 2.24) is 5.32 Å². The molecule has 0 saturated heterocycles. The molecule has 0 aliphatic heterocycles. The third-order valence-electron chi connectivity index (χ3n) is 2.90. The molecule has 0 bridgehead atoms. The Kier molecular flexibility index (Phi) is 7.98. The highest BCUT2D eigenvalue weighted by Gasteiger charge is 2.16. The number of ether oxygens (including phenoxy) is 2. The van der Waals surface area contributed by atoms with Crippen molar-refractivity contribution < 1.29 is 9.47 Å². The van der Waals surface area contributed by atoms with Gasteiger partial charge in [-0.2, -0.15) is 0 Å². The Hall–Kier alpha value is -0.120. The average Bonchev–Trinajstić information content (AvgIpc) is 2.17. The number of nitrogens with one attached hydrogen (secondary N) is 1. The van der Waals surface area contributed by atoms with Gasteiger partial charge < -0.3 is 14.8 Å². The quantitative estimate of drug-likeness (QED) is 0.661. The highest BCUT2D eigenvalue weighted by molar-refractivity contribution is 4.68. The first kappa shape index (κ1) is 15.9. The first-order valence-corrected chi connectivity index (χ1v) is 6.31. The molecule has 0 aromatic heterocycles. The maximum absolute atomic E-state index is 5.78. The highest BCUT2D eigenvalue weighted by Crippen LogP contribution is 2.13. The van der Waals surface area contributed by atoms with Crippen LogP contribution in [0.25, 0.3) is 0 Å². The lowest BCUT2D eigenvalue weighted by molar-refractivity contribution is -0.0258. The second kappa shape index (κ2) is 8.04. The van der Waals surface area contributed by atoms with Crippen molar-refractivity contribution >= 4 is 0 Å². The molecule has 0 aromatic carbocycles. The van der Waals surface area contributed by atoms with E-state index < -0.39 is 0 Å². The van der Waals surface area contributed by atoms with E-state index in [1.54, 1.807) is 7.11 Å². The van der Waals surface area contributed by atoms with Crippen molar-refractivity contribution in [3.8, 4) is 0 Å². The Morgan fingerprint density at radius 2 is 1.88 bits per heavy atom. The summed E-state index contributed by atoms with van der Waals surface area (Å²) in [5.74, 6) is 0. The smallest absolute Gasteiger partial charge is 0.0644 e. The maximum atomic E-state index is 5.78. The van der Waals surface area contributed by atoms with E-state index in [4.69, 9.17) is 9.47 Å². The van der Waals surface area contributed by atoms with Crippen molar-refractivity contribution in [2.75, 3.05) is 20.3 Å². The van der Waals surface area contributed by atoms with Crippen LogP contribution < -0.4 is 5.32 Å². The summed E-state index contributed by atoms with van der Waals surface area (Å²) in [4.78, 5) is 0. The minimum absolute atomic E-state index is 0.0764. The summed E-state index contributed by atoms with van der Waals surface area (Å²) in [7, 11) is 1.75. The SMILES string of the molecule is CCNC(C)CC(C)OCCC(C)(C)OC. The van der Waals surface area contributed by atoms with Gasteiger partial charge in [0.1, 0.15) is 0 Å². The fourth-order valence-corrected chi connectivity index (χ4v) is 1.61. The zero-order valence-electron chi connectivity index (χ0n) is 11.8. The molecular weight excluding hydrogens is 202 g/mol. The summed E-state index contributed by atoms with van der Waals surface area (Å²) in [5.41, 5.74) is -0.0764. The first-order chi connectivity index (χ1) is 7.41. The largest absolute Gasteiger partial charge is 0.379 e. The van der Waals surface area contributed by atoms with Crippen LogP contribution in [0.2, 0.25) is 0 Å². The molecule has 0 heterocycles. The molecule has 16 heavy (non-hydrogen) atoms. The van der Waals surface area contributed by atoms with Gasteiger partial charge in [0.2, 0.25) is 0 Å². The number of methoxy groups -OCH3 is 1. The van der Waals surface area contributed by atoms with Crippen LogP contribution in [0.3, 0.4) is 0 Å². The van der Waals surface area contributed by atoms with Crippen LogP contribution in [0.5, 0.6) is 0 Å².